The van der Waals surface area contributed by atoms with Gasteiger partial charge in [-0.05, 0) is 48.4 Å². The molecule has 2 aromatic carbocycles. The van der Waals surface area contributed by atoms with Gasteiger partial charge in [0.1, 0.15) is 11.0 Å². The maximum absolute atomic E-state index is 13.0. The summed E-state index contributed by atoms with van der Waals surface area (Å²) in [5.41, 5.74) is 2.26. The molecule has 0 aliphatic carbocycles. The number of benzene rings is 2. The summed E-state index contributed by atoms with van der Waals surface area (Å²) in [7, 11) is -1.23. The number of piperidine rings is 1. The molecule has 1 aliphatic heterocycles. The minimum absolute atomic E-state index is 0.0755. The molecule has 0 radical (unpaired) electrons. The highest BCUT2D eigenvalue weighted by Crippen LogP contribution is 2.24. The van der Waals surface area contributed by atoms with E-state index in [1.165, 1.54) is 0 Å². The molecule has 28 heavy (non-hydrogen) atoms. The van der Waals surface area contributed by atoms with Crippen molar-refractivity contribution in [2.75, 3.05) is 19.6 Å². The van der Waals surface area contributed by atoms with Crippen LogP contribution in [0.2, 0.25) is 0 Å². The van der Waals surface area contributed by atoms with E-state index in [4.69, 9.17) is 0 Å². The third-order valence-electron chi connectivity index (χ3n) is 5.17. The topological polar surface area (TPSA) is 49.4 Å². The van der Waals surface area contributed by atoms with Crippen LogP contribution >= 0.6 is 0 Å². The highest BCUT2D eigenvalue weighted by Gasteiger charge is 2.29. The summed E-state index contributed by atoms with van der Waals surface area (Å²) < 4.78 is 15.0. The van der Waals surface area contributed by atoms with Crippen LogP contribution in [0.15, 0.2) is 59.5 Å². The molecule has 5 heteroatoms. The first kappa shape index (κ1) is 20.7. The Morgan fingerprint density at radius 1 is 1.11 bits per heavy atom. The molecule has 3 rings (SSSR count). The molecule has 0 saturated carbocycles. The van der Waals surface area contributed by atoms with Gasteiger partial charge in [-0.2, -0.15) is 0 Å². The van der Waals surface area contributed by atoms with E-state index in [0.717, 1.165) is 48.4 Å². The number of hydrogen-bond donors (Lipinski definition) is 1. The molecule has 0 spiro atoms. The molecule has 1 aliphatic rings. The van der Waals surface area contributed by atoms with Gasteiger partial charge in [0.15, 0.2) is 0 Å². The van der Waals surface area contributed by atoms with Gasteiger partial charge in [0.2, 0.25) is 5.91 Å². The predicted octanol–water partition coefficient (Wildman–Crippen LogP) is 4.25. The minimum Gasteiger partial charge on any atom is -0.356 e. The normalized spacial score (nSPS) is 18.8. The van der Waals surface area contributed by atoms with Crippen molar-refractivity contribution in [3.05, 3.63) is 54.6 Å². The number of carbonyl (C=O) groups is 1. The predicted molar refractivity (Wildman–Crippen MR) is 115 cm³/mol. The maximum atomic E-state index is 13.0. The second-order valence-electron chi connectivity index (χ2n) is 7.84. The van der Waals surface area contributed by atoms with Crippen LogP contribution in [-0.2, 0) is 15.8 Å². The molecule has 2 unspecified atom stereocenters. The lowest BCUT2D eigenvalue weighted by molar-refractivity contribution is -0.126. The quantitative estimate of drug-likeness (QED) is 0.758. The summed E-state index contributed by atoms with van der Waals surface area (Å²) in [6.07, 6.45) is 2.76. The number of hydrogen-bond acceptors (Lipinski definition) is 2. The smallest absolute Gasteiger partial charge is 0.224 e. The highest BCUT2D eigenvalue weighted by atomic mass is 32.2. The standard InChI is InChI=1S/C23H30N2O2S/c1-18(2)14-15-24-23(26)21-9-6-16-25(17-21)28(27)22-12-10-20(11-13-22)19-7-4-3-5-8-19/h3-5,7-8,10-13,18,21H,6,9,14-17H2,1-2H3,(H,24,26). The summed E-state index contributed by atoms with van der Waals surface area (Å²) in [5.74, 6) is 0.602. The van der Waals surface area contributed by atoms with Crippen molar-refractivity contribution < 1.29 is 9.00 Å². The number of rotatable bonds is 7. The molecule has 1 amide bonds. The summed E-state index contributed by atoms with van der Waals surface area (Å²) in [6.45, 7) is 6.35. The van der Waals surface area contributed by atoms with Crippen molar-refractivity contribution in [3.63, 3.8) is 0 Å². The molecule has 0 bridgehead atoms. The van der Waals surface area contributed by atoms with E-state index in [0.29, 0.717) is 12.5 Å². The van der Waals surface area contributed by atoms with Crippen molar-refractivity contribution in [3.8, 4) is 11.1 Å². The molecule has 150 valence electrons. The molecular formula is C23H30N2O2S. The van der Waals surface area contributed by atoms with Gasteiger partial charge < -0.3 is 5.32 Å². The van der Waals surface area contributed by atoms with E-state index in [1.54, 1.807) is 0 Å². The fourth-order valence-corrected chi connectivity index (χ4v) is 4.76. The lowest BCUT2D eigenvalue weighted by Gasteiger charge is -2.30. The van der Waals surface area contributed by atoms with Gasteiger partial charge >= 0.3 is 0 Å². The van der Waals surface area contributed by atoms with Crippen molar-refractivity contribution in [1.82, 2.24) is 9.62 Å². The molecule has 2 aromatic rings. The number of nitrogens with one attached hydrogen (secondary N) is 1. The SMILES string of the molecule is CC(C)CCNC(=O)C1CCCN(S(=O)c2ccc(-c3ccccc3)cc2)C1. The van der Waals surface area contributed by atoms with Crippen LogP contribution in [0.4, 0.5) is 0 Å². The van der Waals surface area contributed by atoms with E-state index in [2.05, 4.69) is 31.3 Å². The number of carbonyl (C=O) groups excluding carboxylic acids is 1. The van der Waals surface area contributed by atoms with E-state index in [-0.39, 0.29) is 11.8 Å². The summed E-state index contributed by atoms with van der Waals surface area (Å²) >= 11 is 0. The van der Waals surface area contributed by atoms with E-state index < -0.39 is 11.0 Å². The van der Waals surface area contributed by atoms with Crippen LogP contribution in [0.5, 0.6) is 0 Å². The van der Waals surface area contributed by atoms with Gasteiger partial charge in [0.25, 0.3) is 0 Å². The molecule has 0 aromatic heterocycles. The van der Waals surface area contributed by atoms with Gasteiger partial charge in [-0.3, -0.25) is 4.79 Å². The van der Waals surface area contributed by atoms with Gasteiger partial charge in [0, 0.05) is 19.6 Å². The van der Waals surface area contributed by atoms with Crippen LogP contribution < -0.4 is 5.32 Å². The highest BCUT2D eigenvalue weighted by molar-refractivity contribution is 7.82. The lowest BCUT2D eigenvalue weighted by Crippen LogP contribution is -2.43. The van der Waals surface area contributed by atoms with Crippen LogP contribution in [0.3, 0.4) is 0 Å². The summed E-state index contributed by atoms with van der Waals surface area (Å²) in [5, 5.41) is 3.04. The van der Waals surface area contributed by atoms with Crippen LogP contribution in [0.25, 0.3) is 11.1 Å². The Hall–Kier alpha value is -1.98. The second-order valence-corrected chi connectivity index (χ2v) is 9.33. The van der Waals surface area contributed by atoms with E-state index >= 15 is 0 Å². The fourth-order valence-electron chi connectivity index (χ4n) is 3.48. The molecule has 1 heterocycles. The van der Waals surface area contributed by atoms with E-state index in [1.807, 2.05) is 46.8 Å². The largest absolute Gasteiger partial charge is 0.356 e. The molecule has 1 saturated heterocycles. The van der Waals surface area contributed by atoms with Gasteiger partial charge in [-0.25, -0.2) is 8.51 Å². The Labute approximate surface area is 170 Å². The van der Waals surface area contributed by atoms with Gasteiger partial charge in [-0.15, -0.1) is 0 Å². The first-order valence-corrected chi connectivity index (χ1v) is 11.3. The molecule has 4 nitrogen and oxygen atoms in total. The Kier molecular flexibility index (Phi) is 7.40. The molecule has 2 atom stereocenters. The minimum atomic E-state index is -1.23. The Balaban J connectivity index is 1.60. The first-order chi connectivity index (χ1) is 13.5. The Morgan fingerprint density at radius 3 is 2.46 bits per heavy atom. The van der Waals surface area contributed by atoms with Crippen molar-refractivity contribution in [2.45, 2.75) is 38.0 Å². The van der Waals surface area contributed by atoms with Crippen molar-refractivity contribution in [2.24, 2.45) is 11.8 Å². The third-order valence-corrected chi connectivity index (χ3v) is 6.65. The van der Waals surface area contributed by atoms with Gasteiger partial charge in [-0.1, -0.05) is 56.3 Å². The average molecular weight is 399 g/mol. The average Bonchev–Trinajstić information content (AvgIpc) is 2.74. The Bertz CT molecular complexity index is 790. The monoisotopic (exact) mass is 398 g/mol. The number of amides is 1. The lowest BCUT2D eigenvalue weighted by atomic mass is 9.98. The first-order valence-electron chi connectivity index (χ1n) is 10.1. The van der Waals surface area contributed by atoms with E-state index in [9.17, 15) is 9.00 Å². The zero-order valence-electron chi connectivity index (χ0n) is 16.8. The second kappa shape index (κ2) is 9.99. The molecule has 1 fully saturated rings. The van der Waals surface area contributed by atoms with Crippen LogP contribution in [0.1, 0.15) is 33.1 Å². The number of nitrogens with zero attached hydrogens (tertiary/aromatic N) is 1. The Morgan fingerprint density at radius 2 is 1.79 bits per heavy atom. The molecular weight excluding hydrogens is 368 g/mol. The van der Waals surface area contributed by atoms with Crippen LogP contribution in [-0.4, -0.2) is 34.1 Å². The van der Waals surface area contributed by atoms with Crippen molar-refractivity contribution >= 4 is 16.9 Å². The zero-order valence-corrected chi connectivity index (χ0v) is 17.6. The maximum Gasteiger partial charge on any atom is 0.224 e. The van der Waals surface area contributed by atoms with Crippen molar-refractivity contribution in [1.29, 1.82) is 0 Å². The fraction of sp³-hybridized carbons (Fsp3) is 0.435. The zero-order chi connectivity index (χ0) is 19.9. The van der Waals surface area contributed by atoms with Crippen LogP contribution in [0, 0.1) is 11.8 Å². The summed E-state index contributed by atoms with van der Waals surface area (Å²) in [4.78, 5) is 13.2. The third kappa shape index (κ3) is 5.52. The van der Waals surface area contributed by atoms with Gasteiger partial charge in [0.05, 0.1) is 10.8 Å². The molecule has 1 N–H and O–H groups in total. The summed E-state index contributed by atoms with van der Waals surface area (Å²) in [6, 6.07) is 18.1.